The number of urea groups is 1. The van der Waals surface area contributed by atoms with Gasteiger partial charge in [0.05, 0.1) is 16.7 Å². The van der Waals surface area contributed by atoms with E-state index < -0.39 is 16.1 Å². The third-order valence-corrected chi connectivity index (χ3v) is 12.6. The summed E-state index contributed by atoms with van der Waals surface area (Å²) >= 11 is 0. The van der Waals surface area contributed by atoms with Crippen LogP contribution in [0.2, 0.25) is 0 Å². The predicted molar refractivity (Wildman–Crippen MR) is 180 cm³/mol. The number of anilines is 1. The second-order valence-electron chi connectivity index (χ2n) is 13.7. The van der Waals surface area contributed by atoms with Gasteiger partial charge in [-0.1, -0.05) is 42.5 Å². The molecular formula is C36H40N6O4S. The van der Waals surface area contributed by atoms with Gasteiger partial charge in [0, 0.05) is 36.8 Å². The first-order chi connectivity index (χ1) is 22.7. The molecule has 0 aliphatic carbocycles. The number of aromatic nitrogens is 2. The number of imidazole rings is 1. The van der Waals surface area contributed by atoms with Crippen molar-refractivity contribution in [1.29, 1.82) is 0 Å². The van der Waals surface area contributed by atoms with Crippen LogP contribution in [0.4, 0.5) is 10.5 Å². The highest BCUT2D eigenvalue weighted by atomic mass is 32.2. The Hall–Kier alpha value is -4.22. The number of hydrogen-bond acceptors (Lipinski definition) is 6. The van der Waals surface area contributed by atoms with Crippen LogP contribution in [0.3, 0.4) is 0 Å². The van der Waals surface area contributed by atoms with Crippen molar-refractivity contribution >= 4 is 38.7 Å². The van der Waals surface area contributed by atoms with Gasteiger partial charge in [0.25, 0.3) is 15.9 Å². The molecule has 11 heteroatoms. The highest BCUT2D eigenvalue weighted by Crippen LogP contribution is 2.45. The number of carbonyl (C=O) groups excluding carboxylic acids is 2. The second kappa shape index (κ2) is 11.5. The van der Waals surface area contributed by atoms with Gasteiger partial charge in [0.15, 0.2) is 0 Å². The van der Waals surface area contributed by atoms with Crippen molar-refractivity contribution in [1.82, 2.24) is 24.1 Å². The lowest BCUT2D eigenvalue weighted by Crippen LogP contribution is -2.49. The normalized spacial score (nSPS) is 24.8. The summed E-state index contributed by atoms with van der Waals surface area (Å²) in [4.78, 5) is 34.8. The Kier molecular flexibility index (Phi) is 7.36. The van der Waals surface area contributed by atoms with Crippen LogP contribution in [0.5, 0.6) is 0 Å². The number of benzene rings is 3. The molecule has 3 atom stereocenters. The molecule has 0 radical (unpaired) electrons. The largest absolute Gasteiger partial charge is 0.339 e. The average Bonchev–Trinajstić information content (AvgIpc) is 3.53. The number of para-hydroxylation sites is 2. The first-order valence-corrected chi connectivity index (χ1v) is 18.2. The smallest absolute Gasteiger partial charge is 0.333 e. The molecule has 3 fully saturated rings. The molecule has 0 saturated carbocycles. The lowest BCUT2D eigenvalue weighted by Gasteiger charge is -2.45. The molecule has 4 aromatic rings. The van der Waals surface area contributed by atoms with E-state index in [0.29, 0.717) is 36.8 Å². The number of hydrogen-bond donors (Lipinski definition) is 2. The lowest BCUT2D eigenvalue weighted by atomic mass is 9.70. The zero-order valence-electron chi connectivity index (χ0n) is 26.6. The van der Waals surface area contributed by atoms with Gasteiger partial charge < -0.3 is 14.8 Å². The highest BCUT2D eigenvalue weighted by molar-refractivity contribution is 7.90. The molecule has 0 spiro atoms. The van der Waals surface area contributed by atoms with Crippen molar-refractivity contribution in [2.75, 3.05) is 25.0 Å². The summed E-state index contributed by atoms with van der Waals surface area (Å²) in [5, 5.41) is 2.50. The molecule has 8 rings (SSSR count). The Bertz CT molecular complexity index is 1950. The Morgan fingerprint density at radius 1 is 0.936 bits per heavy atom. The zero-order valence-corrected chi connectivity index (χ0v) is 27.4. The lowest BCUT2D eigenvalue weighted by molar-refractivity contribution is 0.0607. The van der Waals surface area contributed by atoms with Gasteiger partial charge in [0.2, 0.25) is 0 Å². The molecule has 1 unspecified atom stereocenters. The minimum absolute atomic E-state index is 0.0428. The van der Waals surface area contributed by atoms with E-state index in [4.69, 9.17) is 4.98 Å². The Morgan fingerprint density at radius 2 is 1.64 bits per heavy atom. The topological polar surface area (TPSA) is 117 Å². The molecular weight excluding hydrogens is 613 g/mol. The van der Waals surface area contributed by atoms with Crippen LogP contribution >= 0.6 is 0 Å². The molecule has 2 bridgehead atoms. The van der Waals surface area contributed by atoms with Crippen LogP contribution in [0.25, 0.3) is 11.0 Å². The molecule has 3 amide bonds. The highest BCUT2D eigenvalue weighted by Gasteiger charge is 2.44. The first-order valence-electron chi connectivity index (χ1n) is 16.7. The minimum Gasteiger partial charge on any atom is -0.339 e. The van der Waals surface area contributed by atoms with Crippen LogP contribution < -0.4 is 10.0 Å². The predicted octanol–water partition coefficient (Wildman–Crippen LogP) is 5.60. The van der Waals surface area contributed by atoms with Gasteiger partial charge in [0.1, 0.15) is 10.7 Å². The number of aryl methyl sites for hydroxylation is 1. The summed E-state index contributed by atoms with van der Waals surface area (Å²) in [7, 11) is -4.02. The fraction of sp³-hybridized carbons (Fsp3) is 0.417. The average molecular weight is 653 g/mol. The Balaban J connectivity index is 0.976. The number of amides is 3. The van der Waals surface area contributed by atoms with Crippen molar-refractivity contribution < 1.29 is 18.0 Å². The molecule has 1 aromatic heterocycles. The van der Waals surface area contributed by atoms with E-state index in [9.17, 15) is 18.0 Å². The summed E-state index contributed by atoms with van der Waals surface area (Å²) < 4.78 is 29.6. The van der Waals surface area contributed by atoms with Gasteiger partial charge in [-0.05, 0) is 99.7 Å². The summed E-state index contributed by atoms with van der Waals surface area (Å²) in [5.74, 6) is 0.915. The van der Waals surface area contributed by atoms with E-state index in [2.05, 4.69) is 76.3 Å². The molecule has 3 saturated heterocycles. The number of nitrogens with zero attached hydrogens (tertiary/aromatic N) is 4. The van der Waals surface area contributed by atoms with E-state index in [-0.39, 0.29) is 21.9 Å². The summed E-state index contributed by atoms with van der Waals surface area (Å²) in [6, 6.07) is 24.5. The number of rotatable bonds is 6. The fourth-order valence-corrected chi connectivity index (χ4v) is 9.99. The number of likely N-dealkylation sites (tertiary alicyclic amines) is 1. The fourth-order valence-electron chi connectivity index (χ4n) is 8.89. The molecule has 244 valence electrons. The van der Waals surface area contributed by atoms with Crippen molar-refractivity contribution in [2.45, 2.75) is 80.3 Å². The molecule has 10 nitrogen and oxygen atoms in total. The van der Waals surface area contributed by atoms with E-state index in [1.54, 1.807) is 6.07 Å². The number of nitrogens with one attached hydrogen (secondary N) is 2. The summed E-state index contributed by atoms with van der Waals surface area (Å²) in [5.41, 5.74) is 4.09. The zero-order chi connectivity index (χ0) is 32.3. The second-order valence-corrected chi connectivity index (χ2v) is 15.4. The van der Waals surface area contributed by atoms with Gasteiger partial charge in [-0.25, -0.2) is 22.9 Å². The third-order valence-electron chi connectivity index (χ3n) is 11.2. The van der Waals surface area contributed by atoms with E-state index in [0.717, 1.165) is 50.0 Å². The van der Waals surface area contributed by atoms with Crippen molar-refractivity contribution in [3.8, 4) is 0 Å². The number of carbonyl (C=O) groups is 2. The number of sulfonamides is 1. The maximum absolute atomic E-state index is 13.7. The van der Waals surface area contributed by atoms with E-state index in [1.807, 2.05) is 9.62 Å². The van der Waals surface area contributed by atoms with Crippen LogP contribution in [-0.2, 0) is 15.4 Å². The van der Waals surface area contributed by atoms with Gasteiger partial charge in [-0.15, -0.1) is 0 Å². The molecule has 47 heavy (non-hydrogen) atoms. The van der Waals surface area contributed by atoms with Crippen LogP contribution in [0.1, 0.15) is 72.7 Å². The summed E-state index contributed by atoms with van der Waals surface area (Å²) in [6.07, 6.45) is 7.49. The number of fused-ring (bicyclic) bond motifs is 4. The standard InChI is InChI=1S/C36H40N6O4S/c1-24-37-30-9-5-6-10-32(30)42(24)29-22-27-12-13-28(23-29)41(27)20-17-36(26-7-3-2-4-8-26)15-18-40(19-16-36)34(43)25-11-14-31-33(21-25)47(45,46)39-35(44)38-31/h2-11,14,21,27-29H,12-13,15-20,22-23H2,1H3,(H2,38,39,44)/t27-,28+,29?. The Morgan fingerprint density at radius 3 is 2.38 bits per heavy atom. The maximum atomic E-state index is 13.7. The van der Waals surface area contributed by atoms with Crippen LogP contribution in [0.15, 0.2) is 77.7 Å². The first kappa shape index (κ1) is 30.1. The van der Waals surface area contributed by atoms with Crippen LogP contribution in [0, 0.1) is 6.92 Å². The SMILES string of the molecule is Cc1nc2ccccc2n1C1C[C@H]2CC[C@@H](C1)N2CCC1(c2ccccc2)CCN(C(=O)c2ccc3c(c2)S(=O)(=O)NC(=O)N3)CC1. The van der Waals surface area contributed by atoms with Crippen molar-refractivity contribution in [2.24, 2.45) is 0 Å². The van der Waals surface area contributed by atoms with E-state index >= 15 is 0 Å². The Labute approximate surface area is 275 Å². The minimum atomic E-state index is -4.02. The maximum Gasteiger partial charge on any atom is 0.333 e. The van der Waals surface area contributed by atoms with Crippen LogP contribution in [-0.4, -0.2) is 71.4 Å². The number of piperidine rings is 2. The van der Waals surface area contributed by atoms with Gasteiger partial charge in [-0.3, -0.25) is 9.69 Å². The molecule has 4 aliphatic heterocycles. The van der Waals surface area contributed by atoms with Gasteiger partial charge >= 0.3 is 6.03 Å². The molecule has 3 aromatic carbocycles. The van der Waals surface area contributed by atoms with Crippen molar-refractivity contribution in [3.05, 3.63) is 89.7 Å². The monoisotopic (exact) mass is 652 g/mol. The molecule has 2 N–H and O–H groups in total. The third kappa shape index (κ3) is 5.29. The van der Waals surface area contributed by atoms with E-state index in [1.165, 1.54) is 36.1 Å². The summed E-state index contributed by atoms with van der Waals surface area (Å²) in [6.45, 7) is 4.36. The molecule has 5 heterocycles. The van der Waals surface area contributed by atoms with Crippen molar-refractivity contribution in [3.63, 3.8) is 0 Å². The molecule has 4 aliphatic rings. The van der Waals surface area contributed by atoms with Gasteiger partial charge in [-0.2, -0.15) is 0 Å². The quantitative estimate of drug-likeness (QED) is 0.280.